The van der Waals surface area contributed by atoms with Crippen LogP contribution in [0.2, 0.25) is 5.02 Å². The first-order valence-electron chi connectivity index (χ1n) is 9.05. The maximum absolute atomic E-state index is 12.4. The van der Waals surface area contributed by atoms with Crippen molar-refractivity contribution in [1.29, 1.82) is 0 Å². The summed E-state index contributed by atoms with van der Waals surface area (Å²) in [6, 6.07) is 12.4. The minimum absolute atomic E-state index is 0.125. The second-order valence-corrected chi connectivity index (χ2v) is 7.24. The molecule has 1 fully saturated rings. The van der Waals surface area contributed by atoms with Gasteiger partial charge >= 0.3 is 5.69 Å². The lowest BCUT2D eigenvalue weighted by molar-refractivity contribution is -0.385. The number of rotatable bonds is 6. The molecule has 0 radical (unpaired) electrons. The van der Waals surface area contributed by atoms with E-state index in [9.17, 15) is 14.9 Å². The molecule has 0 spiro atoms. The summed E-state index contributed by atoms with van der Waals surface area (Å²) in [5, 5.41) is 11.8. The number of nitrogens with zero attached hydrogens (tertiary/aromatic N) is 3. The van der Waals surface area contributed by atoms with Gasteiger partial charge in [-0.3, -0.25) is 19.8 Å². The molecule has 3 rings (SSSR count). The SMILES string of the molecule is Cc1ccc([N+](=O)[O-])c(OCC(=O)N2CCN(Cc3ccc(Cl)cc3)CC2)c1. The fourth-order valence-electron chi connectivity index (χ4n) is 3.12. The zero-order chi connectivity index (χ0) is 20.1. The van der Waals surface area contributed by atoms with Gasteiger partial charge in [-0.05, 0) is 36.2 Å². The third-order valence-corrected chi connectivity index (χ3v) is 4.96. The van der Waals surface area contributed by atoms with Crippen molar-refractivity contribution in [3.63, 3.8) is 0 Å². The molecule has 1 amide bonds. The van der Waals surface area contributed by atoms with Crippen molar-refractivity contribution in [3.8, 4) is 5.75 Å². The summed E-state index contributed by atoms with van der Waals surface area (Å²) >= 11 is 5.91. The summed E-state index contributed by atoms with van der Waals surface area (Å²) in [5.74, 6) is -0.0401. The maximum Gasteiger partial charge on any atom is 0.310 e. The molecule has 0 saturated carbocycles. The number of nitro benzene ring substituents is 1. The standard InChI is InChI=1S/C20H22ClN3O4/c1-15-2-7-18(24(26)27)19(12-15)28-14-20(25)23-10-8-22(9-11-23)13-16-3-5-17(21)6-4-16/h2-7,12H,8-11,13-14H2,1H3. The Balaban J connectivity index is 1.50. The normalized spacial score (nSPS) is 14.7. The van der Waals surface area contributed by atoms with Gasteiger partial charge in [-0.2, -0.15) is 0 Å². The van der Waals surface area contributed by atoms with Gasteiger partial charge < -0.3 is 9.64 Å². The highest BCUT2D eigenvalue weighted by molar-refractivity contribution is 6.30. The van der Waals surface area contributed by atoms with Crippen molar-refractivity contribution in [3.05, 3.63) is 68.7 Å². The van der Waals surface area contributed by atoms with E-state index >= 15 is 0 Å². The molecule has 148 valence electrons. The number of piperazine rings is 1. The smallest absolute Gasteiger partial charge is 0.310 e. The lowest BCUT2D eigenvalue weighted by Crippen LogP contribution is -2.49. The summed E-state index contributed by atoms with van der Waals surface area (Å²) in [6.45, 7) is 5.15. The van der Waals surface area contributed by atoms with E-state index in [1.807, 2.05) is 31.2 Å². The first-order valence-corrected chi connectivity index (χ1v) is 9.42. The molecule has 2 aromatic carbocycles. The van der Waals surface area contributed by atoms with Crippen LogP contribution in [0.3, 0.4) is 0 Å². The van der Waals surface area contributed by atoms with Crippen LogP contribution in [0.15, 0.2) is 42.5 Å². The number of nitro groups is 1. The third-order valence-electron chi connectivity index (χ3n) is 4.71. The molecule has 1 aliphatic heterocycles. The molecular formula is C20H22ClN3O4. The van der Waals surface area contributed by atoms with E-state index in [2.05, 4.69) is 4.90 Å². The van der Waals surface area contributed by atoms with E-state index in [1.165, 1.54) is 11.6 Å². The van der Waals surface area contributed by atoms with Crippen molar-refractivity contribution < 1.29 is 14.5 Å². The van der Waals surface area contributed by atoms with E-state index in [1.54, 1.807) is 17.0 Å². The minimum atomic E-state index is -0.505. The van der Waals surface area contributed by atoms with Crippen LogP contribution in [0.1, 0.15) is 11.1 Å². The number of hydrogen-bond acceptors (Lipinski definition) is 5. The van der Waals surface area contributed by atoms with Crippen molar-refractivity contribution in [2.24, 2.45) is 0 Å². The Morgan fingerprint density at radius 3 is 2.46 bits per heavy atom. The first kappa shape index (κ1) is 20.1. The molecule has 0 unspecified atom stereocenters. The summed E-state index contributed by atoms with van der Waals surface area (Å²) in [5.41, 5.74) is 1.88. The number of amides is 1. The summed E-state index contributed by atoms with van der Waals surface area (Å²) in [4.78, 5) is 27.0. The minimum Gasteiger partial charge on any atom is -0.477 e. The van der Waals surface area contributed by atoms with Gasteiger partial charge in [0.05, 0.1) is 4.92 Å². The summed E-state index contributed by atoms with van der Waals surface area (Å²) < 4.78 is 5.47. The molecule has 0 N–H and O–H groups in total. The van der Waals surface area contributed by atoms with Gasteiger partial charge in [0.25, 0.3) is 5.91 Å². The quantitative estimate of drug-likeness (QED) is 0.546. The zero-order valence-electron chi connectivity index (χ0n) is 15.6. The van der Waals surface area contributed by atoms with Crippen LogP contribution >= 0.6 is 11.6 Å². The predicted molar refractivity (Wildman–Crippen MR) is 107 cm³/mol. The van der Waals surface area contributed by atoms with Crippen molar-refractivity contribution in [2.75, 3.05) is 32.8 Å². The Labute approximate surface area is 168 Å². The average Bonchev–Trinajstić information content (AvgIpc) is 2.68. The van der Waals surface area contributed by atoms with Crippen LogP contribution in [0, 0.1) is 17.0 Å². The number of halogens is 1. The van der Waals surface area contributed by atoms with Gasteiger partial charge in [0, 0.05) is 43.8 Å². The number of ether oxygens (including phenoxy) is 1. The monoisotopic (exact) mass is 403 g/mol. The van der Waals surface area contributed by atoms with Crippen LogP contribution in [0.5, 0.6) is 5.75 Å². The topological polar surface area (TPSA) is 75.9 Å². The van der Waals surface area contributed by atoms with E-state index < -0.39 is 4.92 Å². The number of hydrogen-bond donors (Lipinski definition) is 0. The molecular weight excluding hydrogens is 382 g/mol. The zero-order valence-corrected chi connectivity index (χ0v) is 16.4. The third kappa shape index (κ3) is 5.21. The Morgan fingerprint density at radius 2 is 1.82 bits per heavy atom. The maximum atomic E-state index is 12.4. The average molecular weight is 404 g/mol. The van der Waals surface area contributed by atoms with Crippen molar-refractivity contribution >= 4 is 23.2 Å². The molecule has 28 heavy (non-hydrogen) atoms. The molecule has 1 aliphatic rings. The largest absolute Gasteiger partial charge is 0.477 e. The Kier molecular flexibility index (Phi) is 6.49. The van der Waals surface area contributed by atoms with Gasteiger partial charge in [0.1, 0.15) is 0 Å². The van der Waals surface area contributed by atoms with Gasteiger partial charge in [-0.15, -0.1) is 0 Å². The van der Waals surface area contributed by atoms with Crippen LogP contribution < -0.4 is 4.74 Å². The first-order chi connectivity index (χ1) is 13.4. The predicted octanol–water partition coefficient (Wildman–Crippen LogP) is 3.28. The lowest BCUT2D eigenvalue weighted by Gasteiger charge is -2.34. The molecule has 7 nitrogen and oxygen atoms in total. The fraction of sp³-hybridized carbons (Fsp3) is 0.350. The van der Waals surface area contributed by atoms with Gasteiger partial charge in [-0.1, -0.05) is 29.8 Å². The summed E-state index contributed by atoms with van der Waals surface area (Å²) in [6.07, 6.45) is 0. The molecule has 0 aromatic heterocycles. The Morgan fingerprint density at radius 1 is 1.14 bits per heavy atom. The highest BCUT2D eigenvalue weighted by Gasteiger charge is 2.23. The van der Waals surface area contributed by atoms with Crippen LogP contribution in [-0.2, 0) is 11.3 Å². The fourth-order valence-corrected chi connectivity index (χ4v) is 3.25. The second kappa shape index (κ2) is 9.03. The molecule has 0 aliphatic carbocycles. The van der Waals surface area contributed by atoms with E-state index in [0.717, 1.165) is 25.2 Å². The summed E-state index contributed by atoms with van der Waals surface area (Å²) in [7, 11) is 0. The number of aryl methyl sites for hydroxylation is 1. The molecule has 1 heterocycles. The second-order valence-electron chi connectivity index (χ2n) is 6.80. The van der Waals surface area contributed by atoms with Crippen LogP contribution in [0.25, 0.3) is 0 Å². The van der Waals surface area contributed by atoms with E-state index in [4.69, 9.17) is 16.3 Å². The van der Waals surface area contributed by atoms with Gasteiger partial charge in [0.2, 0.25) is 0 Å². The van der Waals surface area contributed by atoms with E-state index in [0.29, 0.717) is 18.1 Å². The number of benzene rings is 2. The van der Waals surface area contributed by atoms with Crippen LogP contribution in [0.4, 0.5) is 5.69 Å². The van der Waals surface area contributed by atoms with Crippen molar-refractivity contribution in [1.82, 2.24) is 9.80 Å². The number of carbonyl (C=O) groups is 1. The highest BCUT2D eigenvalue weighted by Crippen LogP contribution is 2.27. The molecule has 0 atom stereocenters. The Hall–Kier alpha value is -2.64. The van der Waals surface area contributed by atoms with Crippen molar-refractivity contribution in [2.45, 2.75) is 13.5 Å². The number of carbonyl (C=O) groups excluding carboxylic acids is 1. The molecule has 2 aromatic rings. The molecule has 8 heteroatoms. The van der Waals surface area contributed by atoms with Crippen LogP contribution in [-0.4, -0.2) is 53.4 Å². The lowest BCUT2D eigenvalue weighted by atomic mass is 10.2. The molecule has 1 saturated heterocycles. The van der Waals surface area contributed by atoms with E-state index in [-0.39, 0.29) is 24.0 Å². The van der Waals surface area contributed by atoms with Gasteiger partial charge in [-0.25, -0.2) is 0 Å². The highest BCUT2D eigenvalue weighted by atomic mass is 35.5. The van der Waals surface area contributed by atoms with Gasteiger partial charge in [0.15, 0.2) is 12.4 Å². The molecule has 0 bridgehead atoms. The Bertz CT molecular complexity index is 849.